The van der Waals surface area contributed by atoms with Crippen molar-refractivity contribution in [1.29, 1.82) is 0 Å². The first-order valence-corrected chi connectivity index (χ1v) is 8.49. The Labute approximate surface area is 164 Å². The fourth-order valence-corrected chi connectivity index (χ4v) is 2.58. The summed E-state index contributed by atoms with van der Waals surface area (Å²) in [5.41, 5.74) is 0.106. The average molecular weight is 401 g/mol. The molecule has 8 nitrogen and oxygen atoms in total. The van der Waals surface area contributed by atoms with Gasteiger partial charge in [-0.2, -0.15) is 0 Å². The van der Waals surface area contributed by atoms with Crippen LogP contribution in [-0.4, -0.2) is 22.6 Å². The Bertz CT molecular complexity index is 990. The number of hydrogen-bond acceptors (Lipinski definition) is 7. The smallest absolute Gasteiger partial charge is 0.348 e. The van der Waals surface area contributed by atoms with E-state index in [9.17, 15) is 24.1 Å². The number of nitro benzene ring substituents is 1. The Kier molecular flexibility index (Phi) is 5.31. The molecule has 1 saturated heterocycles. The predicted octanol–water partition coefficient (Wildman–Crippen LogP) is 3.53. The molecule has 0 aliphatic carbocycles. The highest BCUT2D eigenvalue weighted by molar-refractivity contribution is 6.18. The molecule has 0 unspecified atom stereocenters. The first-order chi connectivity index (χ1) is 13.6. The van der Waals surface area contributed by atoms with Crippen molar-refractivity contribution in [3.63, 3.8) is 0 Å². The predicted molar refractivity (Wildman–Crippen MR) is 98.1 cm³/mol. The number of nitro groups is 1. The number of carbonyl (C=O) groups is 2. The Morgan fingerprint density at radius 2 is 1.72 bits per heavy atom. The highest BCUT2D eigenvalue weighted by atomic mass is 19.1. The van der Waals surface area contributed by atoms with E-state index in [0.29, 0.717) is 5.56 Å². The minimum atomic E-state index is -1.38. The lowest BCUT2D eigenvalue weighted by atomic mass is 10.1. The van der Waals surface area contributed by atoms with Gasteiger partial charge in [0.25, 0.3) is 5.79 Å². The van der Waals surface area contributed by atoms with Crippen LogP contribution in [0.4, 0.5) is 10.1 Å². The first kappa shape index (κ1) is 20.0. The SMILES string of the molecule is CC1(C)OC(=O)C(=Cc2ccc(OCc3ccc(F)cc3)c([N+](=O)[O-])c2)C(=O)O1. The number of rotatable bonds is 5. The van der Waals surface area contributed by atoms with Crippen molar-refractivity contribution in [2.75, 3.05) is 0 Å². The summed E-state index contributed by atoms with van der Waals surface area (Å²) in [6, 6.07) is 9.46. The van der Waals surface area contributed by atoms with E-state index in [0.717, 1.165) is 12.1 Å². The van der Waals surface area contributed by atoms with Crippen LogP contribution in [0, 0.1) is 15.9 Å². The van der Waals surface area contributed by atoms with Crippen molar-refractivity contribution >= 4 is 23.7 Å². The van der Waals surface area contributed by atoms with E-state index in [-0.39, 0.29) is 29.2 Å². The van der Waals surface area contributed by atoms with Crippen LogP contribution in [0.5, 0.6) is 5.75 Å². The standard InChI is InChI=1S/C20H16FNO7/c1-20(2)28-18(23)15(19(24)29-20)9-13-5-8-17(16(10-13)22(25)26)27-11-12-3-6-14(21)7-4-12/h3-10H,11H2,1-2H3. The molecule has 150 valence electrons. The van der Waals surface area contributed by atoms with E-state index in [1.54, 1.807) is 0 Å². The van der Waals surface area contributed by atoms with Gasteiger partial charge in [0.05, 0.1) is 4.92 Å². The molecular weight excluding hydrogens is 385 g/mol. The molecule has 29 heavy (non-hydrogen) atoms. The van der Waals surface area contributed by atoms with Gasteiger partial charge in [0.15, 0.2) is 5.75 Å². The maximum absolute atomic E-state index is 13.0. The Balaban J connectivity index is 1.84. The van der Waals surface area contributed by atoms with Gasteiger partial charge < -0.3 is 14.2 Å². The number of benzene rings is 2. The second-order valence-corrected chi connectivity index (χ2v) is 6.64. The Morgan fingerprint density at radius 1 is 1.10 bits per heavy atom. The number of ether oxygens (including phenoxy) is 3. The lowest BCUT2D eigenvalue weighted by molar-refractivity contribution is -0.386. The summed E-state index contributed by atoms with van der Waals surface area (Å²) < 4.78 is 28.4. The molecule has 0 saturated carbocycles. The molecule has 1 aliphatic rings. The van der Waals surface area contributed by atoms with E-state index >= 15 is 0 Å². The second-order valence-electron chi connectivity index (χ2n) is 6.64. The zero-order chi connectivity index (χ0) is 21.2. The fraction of sp³-hybridized carbons (Fsp3) is 0.200. The van der Waals surface area contributed by atoms with Gasteiger partial charge in [0.1, 0.15) is 18.0 Å². The molecule has 0 spiro atoms. The molecule has 1 fully saturated rings. The quantitative estimate of drug-likeness (QED) is 0.248. The summed E-state index contributed by atoms with van der Waals surface area (Å²) in [5, 5.41) is 11.4. The van der Waals surface area contributed by atoms with Crippen LogP contribution in [-0.2, 0) is 25.7 Å². The second kappa shape index (κ2) is 7.70. The molecule has 1 heterocycles. The summed E-state index contributed by atoms with van der Waals surface area (Å²) in [5.74, 6) is -3.57. The molecule has 0 bridgehead atoms. The van der Waals surface area contributed by atoms with Gasteiger partial charge in [-0.1, -0.05) is 18.2 Å². The average Bonchev–Trinajstić information content (AvgIpc) is 2.64. The zero-order valence-corrected chi connectivity index (χ0v) is 15.5. The summed E-state index contributed by atoms with van der Waals surface area (Å²) in [4.78, 5) is 34.8. The van der Waals surface area contributed by atoms with E-state index in [4.69, 9.17) is 14.2 Å². The van der Waals surface area contributed by atoms with Crippen molar-refractivity contribution < 1.29 is 33.1 Å². The largest absolute Gasteiger partial charge is 0.482 e. The highest BCUT2D eigenvalue weighted by Crippen LogP contribution is 2.31. The third-order valence-corrected chi connectivity index (χ3v) is 3.92. The number of carbonyl (C=O) groups excluding carboxylic acids is 2. The molecular formula is C20H16FNO7. The fourth-order valence-electron chi connectivity index (χ4n) is 2.58. The Hall–Kier alpha value is -3.75. The maximum atomic E-state index is 13.0. The minimum absolute atomic E-state index is 0.00467. The molecule has 2 aromatic rings. The van der Waals surface area contributed by atoms with Crippen LogP contribution in [0.2, 0.25) is 0 Å². The number of cyclic esters (lactones) is 2. The van der Waals surface area contributed by atoms with E-state index in [2.05, 4.69) is 0 Å². The topological polar surface area (TPSA) is 105 Å². The van der Waals surface area contributed by atoms with Gasteiger partial charge in [-0.05, 0) is 35.4 Å². The molecule has 2 aromatic carbocycles. The molecule has 0 radical (unpaired) electrons. The number of halogens is 1. The van der Waals surface area contributed by atoms with Crippen LogP contribution in [0.1, 0.15) is 25.0 Å². The van der Waals surface area contributed by atoms with Crippen molar-refractivity contribution in [3.8, 4) is 5.75 Å². The minimum Gasteiger partial charge on any atom is -0.482 e. The third-order valence-electron chi connectivity index (χ3n) is 3.92. The molecule has 0 N–H and O–H groups in total. The van der Waals surface area contributed by atoms with Gasteiger partial charge in [0, 0.05) is 19.9 Å². The van der Waals surface area contributed by atoms with Crippen molar-refractivity contribution in [3.05, 3.63) is 75.1 Å². The number of hydrogen-bond donors (Lipinski definition) is 0. The number of esters is 2. The van der Waals surface area contributed by atoms with E-state index in [1.807, 2.05) is 0 Å². The summed E-state index contributed by atoms with van der Waals surface area (Å²) in [6.07, 6.45) is 1.15. The first-order valence-electron chi connectivity index (χ1n) is 8.49. The molecule has 1 aliphatic heterocycles. The van der Waals surface area contributed by atoms with Crippen LogP contribution in [0.15, 0.2) is 48.0 Å². The van der Waals surface area contributed by atoms with Crippen LogP contribution in [0.25, 0.3) is 6.08 Å². The number of nitrogens with zero attached hydrogens (tertiary/aromatic N) is 1. The summed E-state index contributed by atoms with van der Waals surface area (Å²) in [7, 11) is 0. The van der Waals surface area contributed by atoms with Crippen molar-refractivity contribution in [1.82, 2.24) is 0 Å². The molecule has 0 aromatic heterocycles. The maximum Gasteiger partial charge on any atom is 0.348 e. The van der Waals surface area contributed by atoms with Crippen molar-refractivity contribution in [2.24, 2.45) is 0 Å². The summed E-state index contributed by atoms with van der Waals surface area (Å²) in [6.45, 7) is 2.82. The van der Waals surface area contributed by atoms with Crippen LogP contribution in [0.3, 0.4) is 0 Å². The molecule has 0 atom stereocenters. The Morgan fingerprint density at radius 3 is 2.31 bits per heavy atom. The normalized spacial score (nSPS) is 15.3. The van der Waals surface area contributed by atoms with Gasteiger partial charge in [-0.25, -0.2) is 14.0 Å². The third kappa shape index (κ3) is 4.75. The molecule has 3 rings (SSSR count). The van der Waals surface area contributed by atoms with Gasteiger partial charge in [0.2, 0.25) is 0 Å². The van der Waals surface area contributed by atoms with E-state index < -0.39 is 28.5 Å². The van der Waals surface area contributed by atoms with Crippen LogP contribution < -0.4 is 4.74 Å². The monoisotopic (exact) mass is 401 g/mol. The molecule has 9 heteroatoms. The lowest BCUT2D eigenvalue weighted by Crippen LogP contribution is -2.41. The van der Waals surface area contributed by atoms with Crippen molar-refractivity contribution in [2.45, 2.75) is 26.2 Å². The zero-order valence-electron chi connectivity index (χ0n) is 15.5. The highest BCUT2D eigenvalue weighted by Gasteiger charge is 2.38. The lowest BCUT2D eigenvalue weighted by Gasteiger charge is -2.29. The molecule has 0 amide bonds. The van der Waals surface area contributed by atoms with Crippen LogP contribution >= 0.6 is 0 Å². The van der Waals surface area contributed by atoms with Gasteiger partial charge in [-0.15, -0.1) is 0 Å². The van der Waals surface area contributed by atoms with E-state index in [1.165, 1.54) is 50.2 Å². The van der Waals surface area contributed by atoms with Gasteiger partial charge >= 0.3 is 17.6 Å². The summed E-state index contributed by atoms with van der Waals surface area (Å²) >= 11 is 0. The van der Waals surface area contributed by atoms with Gasteiger partial charge in [-0.3, -0.25) is 10.1 Å².